The molecule has 2 heterocycles. The largest absolute Gasteiger partial charge is 0.493 e. The summed E-state index contributed by atoms with van der Waals surface area (Å²) in [6.45, 7) is 5.58. The minimum Gasteiger partial charge on any atom is -0.493 e. The van der Waals surface area contributed by atoms with Crippen LogP contribution in [-0.4, -0.2) is 47.7 Å². The van der Waals surface area contributed by atoms with Crippen LogP contribution in [0.1, 0.15) is 45.6 Å². The number of methoxy groups -OCH3 is 2. The normalized spacial score (nSPS) is 14.8. The number of piperidine rings is 1. The van der Waals surface area contributed by atoms with Gasteiger partial charge in [-0.3, -0.25) is 4.79 Å². The van der Waals surface area contributed by atoms with Gasteiger partial charge in [0.2, 0.25) is 5.91 Å². The van der Waals surface area contributed by atoms with E-state index in [1.807, 2.05) is 23.1 Å². The van der Waals surface area contributed by atoms with Gasteiger partial charge >= 0.3 is 0 Å². The number of benzene rings is 2. The van der Waals surface area contributed by atoms with Crippen molar-refractivity contribution in [1.29, 1.82) is 0 Å². The van der Waals surface area contributed by atoms with Gasteiger partial charge in [0.15, 0.2) is 11.5 Å². The number of amides is 1. The van der Waals surface area contributed by atoms with Crippen LogP contribution in [0.2, 0.25) is 0 Å². The van der Waals surface area contributed by atoms with E-state index in [4.69, 9.17) is 14.5 Å². The summed E-state index contributed by atoms with van der Waals surface area (Å²) in [6.07, 6.45) is 3.40. The number of hydrogen-bond acceptors (Lipinski definition) is 4. The number of hydrogen-bond donors (Lipinski definition) is 0. The standard InChI is InChI=1S/C26H32FN3O3/c1-5-17(6-2)26(31)29-13-11-20(12-14-29)30-22-9-8-19(27)16-21(22)28-25(30)18-7-10-23(32-3)24(15-18)33-4/h7-10,15-17,20H,5-6,11-14H2,1-4H3. The second kappa shape index (κ2) is 9.81. The Hall–Kier alpha value is -3.09. The van der Waals surface area contributed by atoms with Crippen molar-refractivity contribution in [2.75, 3.05) is 27.3 Å². The Morgan fingerprint density at radius 1 is 1.06 bits per heavy atom. The molecule has 0 atom stereocenters. The number of ether oxygens (including phenoxy) is 2. The molecule has 0 spiro atoms. The third-order valence-electron chi connectivity index (χ3n) is 6.77. The lowest BCUT2D eigenvalue weighted by Gasteiger charge is -2.35. The van der Waals surface area contributed by atoms with Gasteiger partial charge in [0.1, 0.15) is 11.6 Å². The van der Waals surface area contributed by atoms with E-state index in [1.165, 1.54) is 12.1 Å². The molecule has 33 heavy (non-hydrogen) atoms. The Kier molecular flexibility index (Phi) is 6.86. The van der Waals surface area contributed by atoms with Gasteiger partial charge < -0.3 is 18.9 Å². The van der Waals surface area contributed by atoms with Crippen LogP contribution in [0.15, 0.2) is 36.4 Å². The van der Waals surface area contributed by atoms with E-state index in [2.05, 4.69) is 18.4 Å². The molecule has 0 N–H and O–H groups in total. The molecule has 0 saturated carbocycles. The van der Waals surface area contributed by atoms with Gasteiger partial charge in [-0.1, -0.05) is 13.8 Å². The first-order valence-electron chi connectivity index (χ1n) is 11.7. The first-order chi connectivity index (χ1) is 16.0. The van der Waals surface area contributed by atoms with Gasteiger partial charge in [-0.15, -0.1) is 0 Å². The predicted molar refractivity (Wildman–Crippen MR) is 127 cm³/mol. The molecule has 0 aliphatic carbocycles. The molecule has 1 amide bonds. The lowest BCUT2D eigenvalue weighted by molar-refractivity contribution is -0.137. The maximum atomic E-state index is 14.0. The van der Waals surface area contributed by atoms with Crippen LogP contribution in [-0.2, 0) is 4.79 Å². The molecule has 1 fully saturated rings. The van der Waals surface area contributed by atoms with Crippen LogP contribution < -0.4 is 9.47 Å². The van der Waals surface area contributed by atoms with E-state index in [0.29, 0.717) is 30.1 Å². The second-order valence-electron chi connectivity index (χ2n) is 8.58. The highest BCUT2D eigenvalue weighted by Crippen LogP contribution is 2.37. The molecule has 6 nitrogen and oxygen atoms in total. The summed E-state index contributed by atoms with van der Waals surface area (Å²) in [5.41, 5.74) is 2.39. The first-order valence-corrected chi connectivity index (χ1v) is 11.7. The second-order valence-corrected chi connectivity index (χ2v) is 8.58. The van der Waals surface area contributed by atoms with Crippen LogP contribution in [0.25, 0.3) is 22.4 Å². The number of nitrogens with zero attached hydrogens (tertiary/aromatic N) is 3. The minimum atomic E-state index is -0.309. The molecule has 1 aliphatic heterocycles. The molecular formula is C26H32FN3O3. The summed E-state index contributed by atoms with van der Waals surface area (Å²) in [6, 6.07) is 10.6. The number of carbonyl (C=O) groups is 1. The number of carbonyl (C=O) groups excluding carboxylic acids is 1. The SMILES string of the molecule is CCC(CC)C(=O)N1CCC(n2c(-c3ccc(OC)c(OC)c3)nc3cc(F)ccc32)CC1. The third-order valence-corrected chi connectivity index (χ3v) is 6.77. The molecule has 0 unspecified atom stereocenters. The molecule has 0 bridgehead atoms. The Morgan fingerprint density at radius 3 is 2.39 bits per heavy atom. The first kappa shape index (κ1) is 23.1. The van der Waals surface area contributed by atoms with Gasteiger partial charge in [-0.05, 0) is 56.0 Å². The number of imidazole rings is 1. The Balaban J connectivity index is 1.70. The van der Waals surface area contributed by atoms with E-state index in [0.717, 1.165) is 42.6 Å². The van der Waals surface area contributed by atoms with Crippen molar-refractivity contribution in [3.63, 3.8) is 0 Å². The quantitative estimate of drug-likeness (QED) is 0.477. The lowest BCUT2D eigenvalue weighted by atomic mass is 9.98. The zero-order valence-corrected chi connectivity index (χ0v) is 19.8. The molecule has 0 radical (unpaired) electrons. The van der Waals surface area contributed by atoms with Gasteiger partial charge in [-0.25, -0.2) is 9.37 Å². The van der Waals surface area contributed by atoms with Crippen LogP contribution >= 0.6 is 0 Å². The minimum absolute atomic E-state index is 0.0981. The smallest absolute Gasteiger partial charge is 0.225 e. The summed E-state index contributed by atoms with van der Waals surface area (Å²) in [4.78, 5) is 19.7. The zero-order valence-electron chi connectivity index (χ0n) is 19.8. The van der Waals surface area contributed by atoms with Gasteiger partial charge in [0.05, 0.1) is 25.3 Å². The highest BCUT2D eigenvalue weighted by Gasteiger charge is 2.29. The topological polar surface area (TPSA) is 56.6 Å². The van der Waals surface area contributed by atoms with Crippen molar-refractivity contribution in [2.45, 2.75) is 45.6 Å². The Morgan fingerprint density at radius 2 is 1.76 bits per heavy atom. The van der Waals surface area contributed by atoms with Crippen LogP contribution in [0.4, 0.5) is 4.39 Å². The number of likely N-dealkylation sites (tertiary alicyclic amines) is 1. The fourth-order valence-electron chi connectivity index (χ4n) is 4.86. The third kappa shape index (κ3) is 4.41. The fraction of sp³-hybridized carbons (Fsp3) is 0.462. The van der Waals surface area contributed by atoms with Crippen molar-refractivity contribution in [2.24, 2.45) is 5.92 Å². The number of halogens is 1. The molecule has 1 aromatic heterocycles. The Bertz CT molecular complexity index is 1130. The van der Waals surface area contributed by atoms with Crippen molar-refractivity contribution < 1.29 is 18.7 Å². The van der Waals surface area contributed by atoms with E-state index in [1.54, 1.807) is 20.3 Å². The van der Waals surface area contributed by atoms with Crippen molar-refractivity contribution in [1.82, 2.24) is 14.5 Å². The average Bonchev–Trinajstić information content (AvgIpc) is 3.22. The van der Waals surface area contributed by atoms with E-state index < -0.39 is 0 Å². The molecule has 1 aliphatic rings. The lowest BCUT2D eigenvalue weighted by Crippen LogP contribution is -2.42. The van der Waals surface area contributed by atoms with E-state index >= 15 is 0 Å². The highest BCUT2D eigenvalue weighted by atomic mass is 19.1. The highest BCUT2D eigenvalue weighted by molar-refractivity contribution is 5.82. The summed E-state index contributed by atoms with van der Waals surface area (Å²) in [5.74, 6) is 2.07. The summed E-state index contributed by atoms with van der Waals surface area (Å²) in [5, 5.41) is 0. The van der Waals surface area contributed by atoms with Crippen LogP contribution in [0.5, 0.6) is 11.5 Å². The summed E-state index contributed by atoms with van der Waals surface area (Å²) < 4.78 is 27.1. The van der Waals surface area contributed by atoms with Crippen molar-refractivity contribution in [3.05, 3.63) is 42.2 Å². The number of rotatable bonds is 7. The van der Waals surface area contributed by atoms with E-state index in [9.17, 15) is 9.18 Å². The number of aromatic nitrogens is 2. The van der Waals surface area contributed by atoms with Crippen LogP contribution in [0, 0.1) is 11.7 Å². The number of fused-ring (bicyclic) bond motifs is 1. The van der Waals surface area contributed by atoms with Crippen molar-refractivity contribution >= 4 is 16.9 Å². The molecule has 2 aromatic carbocycles. The van der Waals surface area contributed by atoms with Gasteiger partial charge in [-0.2, -0.15) is 0 Å². The van der Waals surface area contributed by atoms with Crippen LogP contribution in [0.3, 0.4) is 0 Å². The summed E-state index contributed by atoms with van der Waals surface area (Å²) in [7, 11) is 3.21. The van der Waals surface area contributed by atoms with Crippen molar-refractivity contribution in [3.8, 4) is 22.9 Å². The molecule has 4 rings (SSSR count). The molecule has 176 valence electrons. The molecular weight excluding hydrogens is 421 g/mol. The Labute approximate surface area is 194 Å². The van der Waals surface area contributed by atoms with E-state index in [-0.39, 0.29) is 23.7 Å². The molecule has 3 aromatic rings. The molecule has 1 saturated heterocycles. The molecule has 7 heteroatoms. The maximum absolute atomic E-state index is 14.0. The predicted octanol–water partition coefficient (Wildman–Crippen LogP) is 5.46. The monoisotopic (exact) mass is 453 g/mol. The maximum Gasteiger partial charge on any atom is 0.225 e. The zero-order chi connectivity index (χ0) is 23.5. The van der Waals surface area contributed by atoms with Gasteiger partial charge in [0, 0.05) is 36.7 Å². The van der Waals surface area contributed by atoms with Gasteiger partial charge in [0.25, 0.3) is 0 Å². The fourth-order valence-corrected chi connectivity index (χ4v) is 4.86. The average molecular weight is 454 g/mol. The summed E-state index contributed by atoms with van der Waals surface area (Å²) >= 11 is 0.